The largest absolute Gasteiger partial charge is 0.393 e. The number of halogens is 1. The van der Waals surface area contributed by atoms with Gasteiger partial charge in [0.15, 0.2) is 0 Å². The van der Waals surface area contributed by atoms with Gasteiger partial charge in [-0.15, -0.1) is 0 Å². The molecule has 0 radical (unpaired) electrons. The molecule has 76 valence electrons. The van der Waals surface area contributed by atoms with Crippen LogP contribution in [0.4, 0.5) is 4.39 Å². The molecule has 0 amide bonds. The van der Waals surface area contributed by atoms with Gasteiger partial charge in [0.1, 0.15) is 5.82 Å². The maximum absolute atomic E-state index is 12.9. The van der Waals surface area contributed by atoms with Crippen LogP contribution in [-0.2, 0) is 6.42 Å². The Morgan fingerprint density at radius 2 is 2.14 bits per heavy atom. The lowest BCUT2D eigenvalue weighted by molar-refractivity contribution is 0.520. The molecule has 0 heterocycles. The second-order valence-corrected chi connectivity index (χ2v) is 4.49. The van der Waals surface area contributed by atoms with Gasteiger partial charge < -0.3 is 5.73 Å². The van der Waals surface area contributed by atoms with E-state index in [1.807, 2.05) is 19.9 Å². The summed E-state index contributed by atoms with van der Waals surface area (Å²) in [6.45, 7) is 3.92. The highest BCUT2D eigenvalue weighted by Gasteiger charge is 2.21. The molecule has 0 unspecified atom stereocenters. The van der Waals surface area contributed by atoms with E-state index in [-0.39, 0.29) is 11.2 Å². The minimum Gasteiger partial charge on any atom is -0.393 e. The molecule has 1 aromatic rings. The summed E-state index contributed by atoms with van der Waals surface area (Å²) in [5.74, 6) is -0.221. The topological polar surface area (TPSA) is 26.0 Å². The highest BCUT2D eigenvalue weighted by Crippen LogP contribution is 2.22. The average molecular weight is 211 g/mol. The van der Waals surface area contributed by atoms with Crippen molar-refractivity contribution >= 4 is 17.2 Å². The first kappa shape index (κ1) is 11.1. The second kappa shape index (κ2) is 4.05. The van der Waals surface area contributed by atoms with Crippen molar-refractivity contribution < 1.29 is 4.39 Å². The quantitative estimate of drug-likeness (QED) is 0.778. The van der Waals surface area contributed by atoms with Crippen molar-refractivity contribution in [2.75, 3.05) is 0 Å². The first-order chi connectivity index (χ1) is 6.42. The molecule has 0 saturated heterocycles. The first-order valence-corrected chi connectivity index (χ1v) is 4.87. The molecule has 0 bridgehead atoms. The van der Waals surface area contributed by atoms with E-state index >= 15 is 0 Å². The Morgan fingerprint density at radius 3 is 2.64 bits per heavy atom. The molecule has 0 aliphatic rings. The van der Waals surface area contributed by atoms with E-state index < -0.39 is 0 Å². The van der Waals surface area contributed by atoms with Gasteiger partial charge in [-0.1, -0.05) is 38.2 Å². The standard InChI is InChI=1S/C11H14FNS/c1-11(2,10(13)14)7-8-4-3-5-9(12)6-8/h3-6H,7H2,1-2H3,(H2,13,14). The van der Waals surface area contributed by atoms with Crippen LogP contribution in [0.15, 0.2) is 24.3 Å². The zero-order valence-electron chi connectivity index (χ0n) is 8.38. The minimum atomic E-state index is -0.261. The van der Waals surface area contributed by atoms with E-state index in [0.717, 1.165) is 5.56 Å². The molecular formula is C11H14FNS. The van der Waals surface area contributed by atoms with Crippen LogP contribution in [0.1, 0.15) is 19.4 Å². The Labute approximate surface area is 89.1 Å². The number of nitrogens with two attached hydrogens (primary N) is 1. The van der Waals surface area contributed by atoms with E-state index in [1.165, 1.54) is 12.1 Å². The molecular weight excluding hydrogens is 197 g/mol. The maximum atomic E-state index is 12.9. The van der Waals surface area contributed by atoms with Crippen molar-refractivity contribution in [2.45, 2.75) is 20.3 Å². The highest BCUT2D eigenvalue weighted by atomic mass is 32.1. The van der Waals surface area contributed by atoms with Gasteiger partial charge in [0.25, 0.3) is 0 Å². The van der Waals surface area contributed by atoms with Gasteiger partial charge in [-0.05, 0) is 24.1 Å². The third kappa shape index (κ3) is 2.77. The molecule has 0 atom stereocenters. The van der Waals surface area contributed by atoms with Crippen LogP contribution in [0.2, 0.25) is 0 Å². The van der Waals surface area contributed by atoms with E-state index in [4.69, 9.17) is 18.0 Å². The molecule has 1 nitrogen and oxygen atoms in total. The molecule has 0 spiro atoms. The molecule has 3 heteroatoms. The molecule has 0 fully saturated rings. The summed E-state index contributed by atoms with van der Waals surface area (Å²) in [5, 5.41) is 0. The number of hydrogen-bond acceptors (Lipinski definition) is 1. The molecule has 0 aromatic heterocycles. The van der Waals surface area contributed by atoms with Gasteiger partial charge in [0.05, 0.1) is 4.99 Å². The van der Waals surface area contributed by atoms with Crippen molar-refractivity contribution in [3.63, 3.8) is 0 Å². The highest BCUT2D eigenvalue weighted by molar-refractivity contribution is 7.80. The summed E-state index contributed by atoms with van der Waals surface area (Å²) < 4.78 is 12.9. The summed E-state index contributed by atoms with van der Waals surface area (Å²) in [5.41, 5.74) is 6.25. The third-order valence-corrected chi connectivity index (χ3v) is 2.75. The van der Waals surface area contributed by atoms with Crippen LogP contribution < -0.4 is 5.73 Å². The van der Waals surface area contributed by atoms with Crippen LogP contribution in [0.25, 0.3) is 0 Å². The maximum Gasteiger partial charge on any atom is 0.123 e. The fourth-order valence-corrected chi connectivity index (χ4v) is 1.32. The van der Waals surface area contributed by atoms with Crippen LogP contribution in [0, 0.1) is 11.2 Å². The number of hydrogen-bond donors (Lipinski definition) is 1. The second-order valence-electron chi connectivity index (χ2n) is 4.05. The van der Waals surface area contributed by atoms with E-state index in [2.05, 4.69) is 0 Å². The molecule has 2 N–H and O–H groups in total. The van der Waals surface area contributed by atoms with E-state index in [1.54, 1.807) is 6.07 Å². The molecule has 0 aliphatic carbocycles. The monoisotopic (exact) mass is 211 g/mol. The molecule has 0 aliphatic heterocycles. The smallest absolute Gasteiger partial charge is 0.123 e. The minimum absolute atomic E-state index is 0.221. The Hall–Kier alpha value is -0.960. The van der Waals surface area contributed by atoms with Gasteiger partial charge in [0, 0.05) is 5.41 Å². The average Bonchev–Trinajstić information content (AvgIpc) is 2.02. The fourth-order valence-electron chi connectivity index (χ4n) is 1.24. The van der Waals surface area contributed by atoms with Gasteiger partial charge in [-0.25, -0.2) is 4.39 Å². The molecule has 14 heavy (non-hydrogen) atoms. The lowest BCUT2D eigenvalue weighted by atomic mass is 9.86. The summed E-state index contributed by atoms with van der Waals surface area (Å²) in [7, 11) is 0. The van der Waals surface area contributed by atoms with Crippen LogP contribution in [-0.4, -0.2) is 4.99 Å². The summed E-state index contributed by atoms with van der Waals surface area (Å²) in [4.78, 5) is 0.460. The third-order valence-electron chi connectivity index (χ3n) is 2.20. The molecule has 1 aromatic carbocycles. The Kier molecular flexibility index (Phi) is 3.21. The van der Waals surface area contributed by atoms with Crippen molar-refractivity contribution in [1.29, 1.82) is 0 Å². The van der Waals surface area contributed by atoms with Gasteiger partial charge in [-0.2, -0.15) is 0 Å². The lowest BCUT2D eigenvalue weighted by Gasteiger charge is -2.22. The van der Waals surface area contributed by atoms with Gasteiger partial charge in [-0.3, -0.25) is 0 Å². The van der Waals surface area contributed by atoms with E-state index in [9.17, 15) is 4.39 Å². The number of thiocarbonyl (C=S) groups is 1. The van der Waals surface area contributed by atoms with Crippen molar-refractivity contribution in [2.24, 2.45) is 11.1 Å². The van der Waals surface area contributed by atoms with Crippen LogP contribution in [0.5, 0.6) is 0 Å². The zero-order valence-corrected chi connectivity index (χ0v) is 9.20. The Morgan fingerprint density at radius 1 is 1.50 bits per heavy atom. The number of rotatable bonds is 3. The summed E-state index contributed by atoms with van der Waals surface area (Å²) in [6, 6.07) is 6.51. The first-order valence-electron chi connectivity index (χ1n) is 4.46. The van der Waals surface area contributed by atoms with Gasteiger partial charge in [0.2, 0.25) is 0 Å². The molecule has 0 saturated carbocycles. The van der Waals surface area contributed by atoms with E-state index in [0.29, 0.717) is 11.4 Å². The van der Waals surface area contributed by atoms with Crippen molar-refractivity contribution in [3.8, 4) is 0 Å². The van der Waals surface area contributed by atoms with Crippen molar-refractivity contribution in [1.82, 2.24) is 0 Å². The van der Waals surface area contributed by atoms with Crippen LogP contribution >= 0.6 is 12.2 Å². The fraction of sp³-hybridized carbons (Fsp3) is 0.364. The Balaban J connectivity index is 2.83. The number of benzene rings is 1. The van der Waals surface area contributed by atoms with Crippen molar-refractivity contribution in [3.05, 3.63) is 35.6 Å². The predicted molar refractivity (Wildman–Crippen MR) is 60.7 cm³/mol. The summed E-state index contributed by atoms with van der Waals surface area (Å²) >= 11 is 4.95. The molecule has 1 rings (SSSR count). The lowest BCUT2D eigenvalue weighted by Crippen LogP contribution is -2.31. The summed E-state index contributed by atoms with van der Waals surface area (Å²) in [6.07, 6.45) is 0.667. The van der Waals surface area contributed by atoms with Crippen LogP contribution in [0.3, 0.4) is 0 Å². The predicted octanol–water partition coefficient (Wildman–Crippen LogP) is 2.68. The Bertz CT molecular complexity index is 347. The SMILES string of the molecule is CC(C)(Cc1cccc(F)c1)C(N)=S. The normalized spacial score (nSPS) is 11.4. The zero-order chi connectivity index (χ0) is 10.8. The van der Waals surface area contributed by atoms with Gasteiger partial charge >= 0.3 is 0 Å².